The molecule has 34 heavy (non-hydrogen) atoms. The Morgan fingerprint density at radius 1 is 1.09 bits per heavy atom. The van der Waals surface area contributed by atoms with Crippen LogP contribution in [0.15, 0.2) is 24.5 Å². The minimum absolute atomic E-state index is 0.239. The normalized spacial score (nSPS) is 23.9. The zero-order valence-corrected chi connectivity index (χ0v) is 21.8. The average Bonchev–Trinajstić information content (AvgIpc) is 3.35. The van der Waals surface area contributed by atoms with Crippen molar-refractivity contribution in [1.29, 1.82) is 0 Å². The Balaban J connectivity index is 1.55. The van der Waals surface area contributed by atoms with E-state index in [9.17, 15) is 4.79 Å². The minimum Gasteiger partial charge on any atom is -0.335 e. The molecule has 1 aromatic carbocycles. The van der Waals surface area contributed by atoms with Crippen molar-refractivity contribution >= 4 is 39.1 Å². The lowest BCUT2D eigenvalue weighted by Crippen LogP contribution is -2.54. The molecule has 8 heteroatoms. The second-order valence-corrected chi connectivity index (χ2v) is 11.4. The lowest BCUT2D eigenvalue weighted by molar-refractivity contribution is -0.129. The van der Waals surface area contributed by atoms with Gasteiger partial charge in [0.25, 0.3) is 0 Å². The minimum atomic E-state index is 0.239. The highest BCUT2D eigenvalue weighted by molar-refractivity contribution is 7.19. The second kappa shape index (κ2) is 9.53. The van der Waals surface area contributed by atoms with Crippen LogP contribution in [0.3, 0.4) is 0 Å². The fraction of sp³-hybridized carbons (Fsp3) is 0.500. The van der Waals surface area contributed by atoms with Gasteiger partial charge in [0.05, 0.1) is 22.5 Å². The zero-order valence-electron chi connectivity index (χ0n) is 20.3. The molecule has 2 aliphatic rings. The number of fused-ring (bicyclic) bond motifs is 1. The van der Waals surface area contributed by atoms with Gasteiger partial charge in [-0.05, 0) is 63.4 Å². The summed E-state index contributed by atoms with van der Waals surface area (Å²) in [5, 5.41) is 4.24. The van der Waals surface area contributed by atoms with Crippen LogP contribution in [-0.2, 0) is 17.9 Å². The smallest absolute Gasteiger partial charge is 0.223 e. The van der Waals surface area contributed by atoms with E-state index in [2.05, 4.69) is 61.1 Å². The molecule has 180 valence electrons. The van der Waals surface area contributed by atoms with Crippen LogP contribution >= 0.6 is 22.9 Å². The highest BCUT2D eigenvalue weighted by Gasteiger charge is 2.29. The Morgan fingerprint density at radius 3 is 2.56 bits per heavy atom. The molecule has 4 heterocycles. The molecule has 0 spiro atoms. The van der Waals surface area contributed by atoms with Crippen molar-refractivity contribution in [1.82, 2.24) is 25.1 Å². The van der Waals surface area contributed by atoms with Crippen LogP contribution in [0.25, 0.3) is 21.5 Å². The molecule has 0 saturated carbocycles. The highest BCUT2D eigenvalue weighted by atomic mass is 35.5. The number of aryl methyl sites for hydroxylation is 1. The van der Waals surface area contributed by atoms with Crippen LogP contribution in [-0.4, -0.2) is 56.9 Å². The molecule has 2 fully saturated rings. The predicted octanol–water partition coefficient (Wildman–Crippen LogP) is 5.01. The number of halogens is 1. The lowest BCUT2D eigenvalue weighted by Gasteiger charge is -2.40. The van der Waals surface area contributed by atoms with Gasteiger partial charge in [0, 0.05) is 59.6 Å². The maximum absolute atomic E-state index is 12.3. The number of thiophene rings is 1. The number of rotatable bonds is 5. The van der Waals surface area contributed by atoms with Crippen LogP contribution in [0.1, 0.15) is 49.6 Å². The molecule has 5 rings (SSSR count). The Labute approximate surface area is 210 Å². The van der Waals surface area contributed by atoms with E-state index < -0.39 is 0 Å². The molecule has 3 atom stereocenters. The van der Waals surface area contributed by atoms with Crippen LogP contribution in [0.2, 0.25) is 5.02 Å². The Morgan fingerprint density at radius 2 is 1.85 bits per heavy atom. The van der Waals surface area contributed by atoms with E-state index in [4.69, 9.17) is 16.6 Å². The van der Waals surface area contributed by atoms with Gasteiger partial charge in [-0.15, -0.1) is 11.3 Å². The Bertz CT molecular complexity index is 1220. The number of nitrogens with zero attached hydrogens (tertiary/aromatic N) is 4. The fourth-order valence-electron chi connectivity index (χ4n) is 5.32. The van der Waals surface area contributed by atoms with Crippen LogP contribution in [0.4, 0.5) is 0 Å². The van der Waals surface area contributed by atoms with Crippen LogP contribution in [0, 0.1) is 6.92 Å². The number of piperazine rings is 1. The third-order valence-corrected chi connectivity index (χ3v) is 8.70. The number of benzene rings is 1. The summed E-state index contributed by atoms with van der Waals surface area (Å²) < 4.78 is 1.06. The summed E-state index contributed by atoms with van der Waals surface area (Å²) in [6, 6.07) is 7.40. The number of hydrogen-bond acceptors (Lipinski definition) is 6. The average molecular weight is 498 g/mol. The molecule has 0 bridgehead atoms. The summed E-state index contributed by atoms with van der Waals surface area (Å²) in [7, 11) is 0. The van der Waals surface area contributed by atoms with Gasteiger partial charge in [-0.1, -0.05) is 11.6 Å². The lowest BCUT2D eigenvalue weighted by atomic mass is 9.96. The molecule has 6 nitrogen and oxygen atoms in total. The third-order valence-electron chi connectivity index (χ3n) is 7.36. The van der Waals surface area contributed by atoms with Crippen molar-refractivity contribution in [3.05, 3.63) is 45.6 Å². The van der Waals surface area contributed by atoms with Gasteiger partial charge in [-0.2, -0.15) is 0 Å². The number of carbonyl (C=O) groups excluding carboxylic acids is 1. The first kappa shape index (κ1) is 23.7. The van der Waals surface area contributed by atoms with Crippen LogP contribution in [0.5, 0.6) is 0 Å². The van der Waals surface area contributed by atoms with Gasteiger partial charge in [0.15, 0.2) is 0 Å². The molecule has 1 amide bonds. The van der Waals surface area contributed by atoms with E-state index in [1.54, 1.807) is 17.7 Å². The monoisotopic (exact) mass is 497 g/mol. The number of amides is 1. The van der Waals surface area contributed by atoms with E-state index in [0.29, 0.717) is 25.0 Å². The number of likely N-dealkylation sites (tertiary alicyclic amines) is 1. The topological polar surface area (TPSA) is 61.4 Å². The molecular formula is C26H32ClN5OS. The summed E-state index contributed by atoms with van der Waals surface area (Å²) in [5.41, 5.74) is 5.38. The highest BCUT2D eigenvalue weighted by Crippen LogP contribution is 2.38. The van der Waals surface area contributed by atoms with Gasteiger partial charge >= 0.3 is 0 Å². The van der Waals surface area contributed by atoms with Gasteiger partial charge < -0.3 is 10.2 Å². The Kier molecular flexibility index (Phi) is 6.64. The molecule has 3 aromatic rings. The second-order valence-electron chi connectivity index (χ2n) is 9.84. The molecule has 2 saturated heterocycles. The molecular weight excluding hydrogens is 466 g/mol. The van der Waals surface area contributed by atoms with Crippen molar-refractivity contribution in [2.75, 3.05) is 13.1 Å². The summed E-state index contributed by atoms with van der Waals surface area (Å²) in [6.07, 6.45) is 3.22. The van der Waals surface area contributed by atoms with E-state index >= 15 is 0 Å². The standard InChI is InChI=1S/C26H32ClN5OS/c1-15-7-19(27)8-21(22(15)13-31-17(3)10-28-11-18(31)4)25-26-23(29-14-30-25)9-20(34-26)12-32-16(2)5-6-24(32)33/h7-9,14,16-18,28H,5-6,10-13H2,1-4H3/t16?,17-,18-/m0/s1. The number of carbonyl (C=O) groups is 1. The van der Waals surface area contributed by atoms with Gasteiger partial charge in [0.1, 0.15) is 6.33 Å². The van der Waals surface area contributed by atoms with Gasteiger partial charge in [-0.25, -0.2) is 9.97 Å². The van der Waals surface area contributed by atoms with Crippen molar-refractivity contribution in [2.24, 2.45) is 0 Å². The molecule has 2 aliphatic heterocycles. The van der Waals surface area contributed by atoms with Crippen molar-refractivity contribution < 1.29 is 4.79 Å². The van der Waals surface area contributed by atoms with Crippen molar-refractivity contribution in [3.63, 3.8) is 0 Å². The van der Waals surface area contributed by atoms with Crippen molar-refractivity contribution in [3.8, 4) is 11.3 Å². The van der Waals surface area contributed by atoms with E-state index in [1.807, 2.05) is 4.90 Å². The largest absolute Gasteiger partial charge is 0.335 e. The summed E-state index contributed by atoms with van der Waals surface area (Å²) >= 11 is 8.26. The fourth-order valence-corrected chi connectivity index (χ4v) is 6.71. The first-order valence-corrected chi connectivity index (χ1v) is 13.3. The summed E-state index contributed by atoms with van der Waals surface area (Å²) in [5.74, 6) is 0.239. The van der Waals surface area contributed by atoms with E-state index in [1.165, 1.54) is 11.1 Å². The maximum Gasteiger partial charge on any atom is 0.223 e. The molecule has 0 aliphatic carbocycles. The molecule has 1 unspecified atom stereocenters. The first-order chi connectivity index (χ1) is 16.3. The molecule has 2 aromatic heterocycles. The number of aromatic nitrogens is 2. The SMILES string of the molecule is Cc1cc(Cl)cc(-c2ncnc3cc(CN4C(=O)CCC4C)sc23)c1CN1[C@@H](C)CNC[C@@H]1C. The van der Waals surface area contributed by atoms with E-state index in [0.717, 1.165) is 57.4 Å². The van der Waals surface area contributed by atoms with Crippen LogP contribution < -0.4 is 5.32 Å². The number of nitrogens with one attached hydrogen (secondary N) is 1. The van der Waals surface area contributed by atoms with Gasteiger partial charge in [0.2, 0.25) is 5.91 Å². The summed E-state index contributed by atoms with van der Waals surface area (Å²) in [6.45, 7) is 12.3. The summed E-state index contributed by atoms with van der Waals surface area (Å²) in [4.78, 5) is 27.3. The van der Waals surface area contributed by atoms with Crippen molar-refractivity contribution in [2.45, 2.75) is 71.8 Å². The maximum atomic E-state index is 12.3. The first-order valence-electron chi connectivity index (χ1n) is 12.1. The Hall–Kier alpha value is -2.06. The molecule has 0 radical (unpaired) electrons. The van der Waals surface area contributed by atoms with Gasteiger partial charge in [-0.3, -0.25) is 9.69 Å². The molecule has 1 N–H and O–H groups in total. The quantitative estimate of drug-likeness (QED) is 0.536. The zero-order chi connectivity index (χ0) is 24.0. The number of hydrogen-bond donors (Lipinski definition) is 1. The van der Waals surface area contributed by atoms with E-state index in [-0.39, 0.29) is 11.9 Å². The third kappa shape index (κ3) is 4.47. The predicted molar refractivity (Wildman–Crippen MR) is 139 cm³/mol.